The molecule has 9 nitrogen and oxygen atoms in total. The molecule has 1 saturated carbocycles. The van der Waals surface area contributed by atoms with Gasteiger partial charge in [0.25, 0.3) is 5.91 Å². The molecule has 1 fully saturated rings. The number of methoxy groups -OCH3 is 1. The van der Waals surface area contributed by atoms with E-state index in [1.165, 1.54) is 0 Å². The van der Waals surface area contributed by atoms with Crippen LogP contribution < -0.4 is 14.8 Å². The first-order chi connectivity index (χ1) is 16.9. The number of nitrogens with one attached hydrogen (secondary N) is 2. The third-order valence-corrected chi connectivity index (χ3v) is 7.98. The Hall–Kier alpha value is -3.47. The molecule has 11 heteroatoms. The van der Waals surface area contributed by atoms with Crippen molar-refractivity contribution in [3.05, 3.63) is 77.1 Å². The molecule has 35 heavy (non-hydrogen) atoms. The predicted octanol–water partition coefficient (Wildman–Crippen LogP) is 3.92. The van der Waals surface area contributed by atoms with Crippen LogP contribution >= 0.6 is 11.6 Å². The fourth-order valence-corrected chi connectivity index (χ4v) is 5.30. The standard InChI is InChI=1S/C24H22ClN5O4S/c1-34-23-12-16(9-10-26-23)30-22-4-2-3-21(19(22)14-27-30)29-24(31)18-11-15(5-8-20(18)25)13-28-35(32,33)17-6-7-17/h2-5,8-12,14,17,28H,6-7,13H2,1H3,(H,29,31). The zero-order valence-corrected chi connectivity index (χ0v) is 20.3. The van der Waals surface area contributed by atoms with Crippen molar-refractivity contribution >= 4 is 44.1 Å². The summed E-state index contributed by atoms with van der Waals surface area (Å²) in [6, 6.07) is 13.9. The second kappa shape index (κ2) is 9.29. The second-order valence-electron chi connectivity index (χ2n) is 8.18. The van der Waals surface area contributed by atoms with Gasteiger partial charge in [-0.2, -0.15) is 5.10 Å². The average Bonchev–Trinajstić information content (AvgIpc) is 3.64. The van der Waals surface area contributed by atoms with E-state index in [1.54, 1.807) is 54.5 Å². The van der Waals surface area contributed by atoms with Gasteiger partial charge in [-0.05, 0) is 48.7 Å². The van der Waals surface area contributed by atoms with E-state index < -0.39 is 15.9 Å². The molecule has 1 aliphatic rings. The number of carbonyl (C=O) groups is 1. The molecular formula is C24H22ClN5O4S. The van der Waals surface area contributed by atoms with Gasteiger partial charge in [-0.15, -0.1) is 0 Å². The van der Waals surface area contributed by atoms with Gasteiger partial charge in [0.15, 0.2) is 0 Å². The first kappa shape index (κ1) is 23.3. The van der Waals surface area contributed by atoms with E-state index in [1.807, 2.05) is 18.2 Å². The minimum Gasteiger partial charge on any atom is -0.481 e. The van der Waals surface area contributed by atoms with E-state index in [-0.39, 0.29) is 22.4 Å². The van der Waals surface area contributed by atoms with E-state index in [9.17, 15) is 13.2 Å². The highest BCUT2D eigenvalue weighted by molar-refractivity contribution is 7.90. The van der Waals surface area contributed by atoms with Crippen LogP contribution in [-0.4, -0.2) is 41.4 Å². The molecule has 0 aliphatic heterocycles. The van der Waals surface area contributed by atoms with Crippen LogP contribution in [-0.2, 0) is 16.6 Å². The lowest BCUT2D eigenvalue weighted by atomic mass is 10.1. The minimum absolute atomic E-state index is 0.0913. The third-order valence-electron chi connectivity index (χ3n) is 5.75. The van der Waals surface area contributed by atoms with Crippen LogP contribution in [0.1, 0.15) is 28.8 Å². The molecule has 4 aromatic rings. The lowest BCUT2D eigenvalue weighted by Gasteiger charge is -2.11. The molecule has 0 atom stereocenters. The second-order valence-corrected chi connectivity index (χ2v) is 10.6. The lowest BCUT2D eigenvalue weighted by molar-refractivity contribution is 0.102. The number of sulfonamides is 1. The van der Waals surface area contributed by atoms with Crippen molar-refractivity contribution in [3.8, 4) is 11.6 Å². The van der Waals surface area contributed by atoms with Gasteiger partial charge < -0.3 is 10.1 Å². The fourth-order valence-electron chi connectivity index (χ4n) is 3.73. The van der Waals surface area contributed by atoms with Crippen molar-refractivity contribution in [2.75, 3.05) is 12.4 Å². The smallest absolute Gasteiger partial charge is 0.257 e. The van der Waals surface area contributed by atoms with Gasteiger partial charge in [-0.25, -0.2) is 22.8 Å². The molecule has 0 unspecified atom stereocenters. The zero-order valence-electron chi connectivity index (χ0n) is 18.7. The molecule has 5 rings (SSSR count). The van der Waals surface area contributed by atoms with E-state index in [0.717, 1.165) is 16.6 Å². The Kier molecular flexibility index (Phi) is 6.18. The molecule has 1 aliphatic carbocycles. The van der Waals surface area contributed by atoms with Crippen LogP contribution in [0.25, 0.3) is 16.6 Å². The highest BCUT2D eigenvalue weighted by Gasteiger charge is 2.35. The number of rotatable bonds is 8. The Balaban J connectivity index is 1.39. The number of ether oxygens (including phenoxy) is 1. The van der Waals surface area contributed by atoms with E-state index in [4.69, 9.17) is 16.3 Å². The lowest BCUT2D eigenvalue weighted by Crippen LogP contribution is -2.26. The maximum atomic E-state index is 13.1. The summed E-state index contributed by atoms with van der Waals surface area (Å²) in [7, 11) is -1.79. The van der Waals surface area contributed by atoms with E-state index in [0.29, 0.717) is 30.0 Å². The SMILES string of the molecule is COc1cc(-n2ncc3c(NC(=O)c4cc(CNS(=O)(=O)C5CC5)ccc4Cl)cccc32)ccn1. The number of benzene rings is 2. The Bertz CT molecular complexity index is 1530. The summed E-state index contributed by atoms with van der Waals surface area (Å²) in [5.41, 5.74) is 3.00. The first-order valence-corrected chi connectivity index (χ1v) is 12.8. The number of fused-ring (bicyclic) bond motifs is 1. The number of carbonyl (C=O) groups excluding carboxylic acids is 1. The topological polar surface area (TPSA) is 115 Å². The van der Waals surface area contributed by atoms with Crippen molar-refractivity contribution in [2.24, 2.45) is 0 Å². The summed E-state index contributed by atoms with van der Waals surface area (Å²) >= 11 is 6.31. The maximum Gasteiger partial charge on any atom is 0.257 e. The Labute approximate surface area is 207 Å². The highest BCUT2D eigenvalue weighted by atomic mass is 35.5. The maximum absolute atomic E-state index is 13.1. The van der Waals surface area contributed by atoms with Gasteiger partial charge in [0.1, 0.15) is 0 Å². The quantitative estimate of drug-likeness (QED) is 0.370. The highest BCUT2D eigenvalue weighted by Crippen LogP contribution is 2.29. The summed E-state index contributed by atoms with van der Waals surface area (Å²) in [6.07, 6.45) is 4.66. The summed E-state index contributed by atoms with van der Waals surface area (Å²) in [6.45, 7) is 0.0913. The van der Waals surface area contributed by atoms with Crippen molar-refractivity contribution in [1.82, 2.24) is 19.5 Å². The Morgan fingerprint density at radius 1 is 1.20 bits per heavy atom. The number of amides is 1. The fraction of sp³-hybridized carbons (Fsp3) is 0.208. The molecule has 0 spiro atoms. The van der Waals surface area contributed by atoms with Gasteiger partial charge >= 0.3 is 0 Å². The molecule has 2 N–H and O–H groups in total. The molecule has 2 aromatic heterocycles. The van der Waals surface area contributed by atoms with Crippen LogP contribution in [0.4, 0.5) is 5.69 Å². The predicted molar refractivity (Wildman–Crippen MR) is 134 cm³/mol. The molecule has 0 bridgehead atoms. The molecule has 2 aromatic carbocycles. The Morgan fingerprint density at radius 3 is 2.80 bits per heavy atom. The van der Waals surface area contributed by atoms with Gasteiger partial charge in [0.05, 0.1) is 46.0 Å². The van der Waals surface area contributed by atoms with Gasteiger partial charge in [-0.3, -0.25) is 4.79 Å². The third kappa shape index (κ3) is 4.86. The van der Waals surface area contributed by atoms with Crippen LogP contribution in [0.15, 0.2) is 60.9 Å². The average molecular weight is 512 g/mol. The molecule has 180 valence electrons. The van der Waals surface area contributed by atoms with Crippen molar-refractivity contribution < 1.29 is 17.9 Å². The summed E-state index contributed by atoms with van der Waals surface area (Å²) in [4.78, 5) is 17.2. The summed E-state index contributed by atoms with van der Waals surface area (Å²) in [5, 5.41) is 8.07. The van der Waals surface area contributed by atoms with Gasteiger partial charge in [0.2, 0.25) is 15.9 Å². The van der Waals surface area contributed by atoms with E-state index in [2.05, 4.69) is 20.1 Å². The number of pyridine rings is 1. The largest absolute Gasteiger partial charge is 0.481 e. The van der Waals surface area contributed by atoms with Crippen LogP contribution in [0.5, 0.6) is 5.88 Å². The molecular weight excluding hydrogens is 490 g/mol. The zero-order chi connectivity index (χ0) is 24.6. The normalized spacial score (nSPS) is 13.7. The number of halogens is 1. The monoisotopic (exact) mass is 511 g/mol. The number of nitrogens with zero attached hydrogens (tertiary/aromatic N) is 3. The number of hydrogen-bond acceptors (Lipinski definition) is 6. The van der Waals surface area contributed by atoms with E-state index >= 15 is 0 Å². The Morgan fingerprint density at radius 2 is 2.03 bits per heavy atom. The van der Waals surface area contributed by atoms with Crippen LogP contribution in [0.2, 0.25) is 5.02 Å². The number of aromatic nitrogens is 3. The summed E-state index contributed by atoms with van der Waals surface area (Å²) < 4.78 is 33.8. The van der Waals surface area contributed by atoms with Crippen molar-refractivity contribution in [2.45, 2.75) is 24.6 Å². The van der Waals surface area contributed by atoms with Gasteiger partial charge in [-0.1, -0.05) is 23.7 Å². The van der Waals surface area contributed by atoms with Crippen LogP contribution in [0.3, 0.4) is 0 Å². The summed E-state index contributed by atoms with van der Waals surface area (Å²) in [5.74, 6) is 0.0530. The molecule has 2 heterocycles. The number of hydrogen-bond donors (Lipinski definition) is 2. The van der Waals surface area contributed by atoms with Crippen molar-refractivity contribution in [3.63, 3.8) is 0 Å². The molecule has 0 saturated heterocycles. The first-order valence-electron chi connectivity index (χ1n) is 10.9. The molecule has 1 amide bonds. The van der Waals surface area contributed by atoms with Crippen molar-refractivity contribution in [1.29, 1.82) is 0 Å². The molecule has 0 radical (unpaired) electrons. The van der Waals surface area contributed by atoms with Gasteiger partial charge in [0, 0.05) is 24.2 Å². The number of anilines is 1. The van der Waals surface area contributed by atoms with Crippen LogP contribution in [0, 0.1) is 0 Å². The minimum atomic E-state index is -3.33.